The van der Waals surface area contributed by atoms with Gasteiger partial charge in [-0.3, -0.25) is 4.79 Å². The quantitative estimate of drug-likeness (QED) is 0.854. The number of rotatable bonds is 4. The Hall–Kier alpha value is -2.55. The van der Waals surface area contributed by atoms with E-state index in [2.05, 4.69) is 20.6 Å². The fraction of sp³-hybridized carbons (Fsp3) is 0.312. The lowest BCUT2D eigenvalue weighted by molar-refractivity contribution is 0.0936. The van der Waals surface area contributed by atoms with Gasteiger partial charge in [-0.25, -0.2) is 22.8 Å². The van der Waals surface area contributed by atoms with Gasteiger partial charge in [-0.1, -0.05) is 0 Å². The van der Waals surface area contributed by atoms with Gasteiger partial charge in [0.2, 0.25) is 5.95 Å². The molecule has 2 heterocycles. The summed E-state index contributed by atoms with van der Waals surface area (Å²) >= 11 is 0. The zero-order valence-corrected chi connectivity index (χ0v) is 14.3. The summed E-state index contributed by atoms with van der Waals surface area (Å²) < 4.78 is 35.9. The topological polar surface area (TPSA) is 101 Å². The van der Waals surface area contributed by atoms with Crippen molar-refractivity contribution in [3.8, 4) is 0 Å². The molecular formula is C16H17FN4O3S. The maximum Gasteiger partial charge on any atom is 0.270 e. The monoisotopic (exact) mass is 364 g/mol. The summed E-state index contributed by atoms with van der Waals surface area (Å²) in [6.45, 7) is 1.72. The van der Waals surface area contributed by atoms with Crippen molar-refractivity contribution in [1.29, 1.82) is 0 Å². The largest absolute Gasteiger partial charge is 0.347 e. The molecule has 132 valence electrons. The van der Waals surface area contributed by atoms with E-state index in [9.17, 15) is 17.6 Å². The van der Waals surface area contributed by atoms with Crippen molar-refractivity contribution in [3.63, 3.8) is 0 Å². The van der Waals surface area contributed by atoms with Crippen molar-refractivity contribution in [2.75, 3.05) is 16.8 Å². The van der Waals surface area contributed by atoms with Crippen LogP contribution in [-0.4, -0.2) is 41.8 Å². The smallest absolute Gasteiger partial charge is 0.270 e. The molecule has 0 spiro atoms. The van der Waals surface area contributed by atoms with E-state index in [0.29, 0.717) is 17.8 Å². The molecule has 1 unspecified atom stereocenters. The Morgan fingerprint density at radius 3 is 2.60 bits per heavy atom. The minimum Gasteiger partial charge on any atom is -0.347 e. The number of hydrogen-bond donors (Lipinski definition) is 2. The van der Waals surface area contributed by atoms with E-state index in [-0.39, 0.29) is 29.0 Å². The summed E-state index contributed by atoms with van der Waals surface area (Å²) in [5, 5.41) is 5.60. The molecule has 0 aliphatic carbocycles. The molecule has 3 rings (SSSR count). The highest BCUT2D eigenvalue weighted by atomic mass is 32.2. The van der Waals surface area contributed by atoms with Gasteiger partial charge in [0.15, 0.2) is 9.84 Å². The number of halogens is 1. The Balaban J connectivity index is 1.74. The number of aryl methyl sites for hydroxylation is 1. The van der Waals surface area contributed by atoms with Crippen LogP contribution in [0.15, 0.2) is 30.3 Å². The van der Waals surface area contributed by atoms with E-state index >= 15 is 0 Å². The Labute approximate surface area is 144 Å². The number of carbonyl (C=O) groups is 1. The van der Waals surface area contributed by atoms with Gasteiger partial charge in [-0.15, -0.1) is 0 Å². The van der Waals surface area contributed by atoms with Crippen LogP contribution in [0, 0.1) is 12.7 Å². The molecule has 1 saturated heterocycles. The molecule has 1 atom stereocenters. The highest BCUT2D eigenvalue weighted by Gasteiger charge is 2.29. The molecule has 1 fully saturated rings. The van der Waals surface area contributed by atoms with Crippen LogP contribution in [0.25, 0.3) is 0 Å². The third-order valence-corrected chi connectivity index (χ3v) is 5.52. The van der Waals surface area contributed by atoms with Crippen LogP contribution in [0.5, 0.6) is 0 Å². The van der Waals surface area contributed by atoms with E-state index in [1.165, 1.54) is 30.3 Å². The minimum atomic E-state index is -3.07. The first-order valence-corrected chi connectivity index (χ1v) is 9.52. The van der Waals surface area contributed by atoms with E-state index in [4.69, 9.17) is 0 Å². The molecule has 2 N–H and O–H groups in total. The number of carbonyl (C=O) groups excluding carboxylic acids is 1. The molecule has 0 bridgehead atoms. The second-order valence-electron chi connectivity index (χ2n) is 5.92. The van der Waals surface area contributed by atoms with Gasteiger partial charge in [0.05, 0.1) is 11.5 Å². The minimum absolute atomic E-state index is 0.0521. The molecule has 0 saturated carbocycles. The predicted octanol–water partition coefficient (Wildman–Crippen LogP) is 1.58. The molecule has 25 heavy (non-hydrogen) atoms. The fourth-order valence-electron chi connectivity index (χ4n) is 2.57. The van der Waals surface area contributed by atoms with E-state index in [1.54, 1.807) is 6.92 Å². The predicted molar refractivity (Wildman–Crippen MR) is 91.0 cm³/mol. The first-order chi connectivity index (χ1) is 11.8. The third kappa shape index (κ3) is 4.50. The number of anilines is 2. The number of sulfone groups is 1. The first kappa shape index (κ1) is 17.3. The highest BCUT2D eigenvalue weighted by Crippen LogP contribution is 2.16. The van der Waals surface area contributed by atoms with Crippen molar-refractivity contribution in [2.24, 2.45) is 0 Å². The number of hydrogen-bond acceptors (Lipinski definition) is 6. The molecule has 9 heteroatoms. The Bertz CT molecular complexity index is 900. The number of aromatic nitrogens is 2. The van der Waals surface area contributed by atoms with Crippen molar-refractivity contribution in [3.05, 3.63) is 47.5 Å². The van der Waals surface area contributed by atoms with Gasteiger partial charge in [-0.2, -0.15) is 0 Å². The second-order valence-corrected chi connectivity index (χ2v) is 8.15. The van der Waals surface area contributed by atoms with E-state index in [0.717, 1.165) is 0 Å². The Kier molecular flexibility index (Phi) is 4.67. The maximum atomic E-state index is 13.0. The summed E-state index contributed by atoms with van der Waals surface area (Å²) in [6, 6.07) is 6.78. The zero-order valence-electron chi connectivity index (χ0n) is 13.5. The van der Waals surface area contributed by atoms with Gasteiger partial charge in [0.1, 0.15) is 11.5 Å². The van der Waals surface area contributed by atoms with Crippen LogP contribution in [0.3, 0.4) is 0 Å². The van der Waals surface area contributed by atoms with Gasteiger partial charge in [-0.05, 0) is 43.7 Å². The summed E-state index contributed by atoms with van der Waals surface area (Å²) in [4.78, 5) is 20.7. The lowest BCUT2D eigenvalue weighted by Gasteiger charge is -2.12. The van der Waals surface area contributed by atoms with Crippen molar-refractivity contribution in [1.82, 2.24) is 15.3 Å². The normalized spacial score (nSPS) is 18.7. The Morgan fingerprint density at radius 1 is 1.24 bits per heavy atom. The first-order valence-electron chi connectivity index (χ1n) is 7.70. The molecule has 1 aliphatic heterocycles. The molecule has 1 aromatic carbocycles. The summed E-state index contributed by atoms with van der Waals surface area (Å²) in [5.74, 6) is -0.574. The average Bonchev–Trinajstić information content (AvgIpc) is 2.88. The molecule has 2 aromatic rings. The number of nitrogens with one attached hydrogen (secondary N) is 2. The highest BCUT2D eigenvalue weighted by molar-refractivity contribution is 7.91. The van der Waals surface area contributed by atoms with Crippen molar-refractivity contribution < 1.29 is 17.6 Å². The Morgan fingerprint density at radius 2 is 1.96 bits per heavy atom. The number of benzene rings is 1. The standard InChI is InChI=1S/C16H17FN4O3S/c1-10-8-14(15(22)19-13-6-7-25(23,24)9-13)21-16(18-10)20-12-4-2-11(17)3-5-12/h2-5,8,13H,6-7,9H2,1H3,(H,19,22)(H,18,20,21). The summed E-state index contributed by atoms with van der Waals surface area (Å²) in [5.41, 5.74) is 1.30. The van der Waals surface area contributed by atoms with Crippen LogP contribution < -0.4 is 10.6 Å². The van der Waals surface area contributed by atoms with Crippen LogP contribution in [0.4, 0.5) is 16.0 Å². The summed E-state index contributed by atoms with van der Waals surface area (Å²) in [7, 11) is -3.07. The third-order valence-electron chi connectivity index (χ3n) is 3.75. The van der Waals surface area contributed by atoms with Crippen LogP contribution in [-0.2, 0) is 9.84 Å². The van der Waals surface area contributed by atoms with Gasteiger partial charge < -0.3 is 10.6 Å². The van der Waals surface area contributed by atoms with Crippen LogP contribution >= 0.6 is 0 Å². The summed E-state index contributed by atoms with van der Waals surface area (Å²) in [6.07, 6.45) is 0.402. The molecule has 0 radical (unpaired) electrons. The SMILES string of the molecule is Cc1cc(C(=O)NC2CCS(=O)(=O)C2)nc(Nc2ccc(F)cc2)n1. The molecule has 7 nitrogen and oxygen atoms in total. The number of amides is 1. The van der Waals surface area contributed by atoms with E-state index in [1.807, 2.05) is 0 Å². The lowest BCUT2D eigenvalue weighted by atomic mass is 10.2. The average molecular weight is 364 g/mol. The molecular weight excluding hydrogens is 347 g/mol. The maximum absolute atomic E-state index is 13.0. The molecule has 1 aliphatic rings. The molecule has 1 amide bonds. The van der Waals surface area contributed by atoms with Crippen LogP contribution in [0.2, 0.25) is 0 Å². The van der Waals surface area contributed by atoms with Crippen molar-refractivity contribution >= 4 is 27.4 Å². The zero-order chi connectivity index (χ0) is 18.0. The van der Waals surface area contributed by atoms with Crippen molar-refractivity contribution in [2.45, 2.75) is 19.4 Å². The molecule has 1 aromatic heterocycles. The second kappa shape index (κ2) is 6.75. The van der Waals surface area contributed by atoms with Gasteiger partial charge in [0, 0.05) is 17.4 Å². The fourth-order valence-corrected chi connectivity index (χ4v) is 4.24. The number of nitrogens with zero attached hydrogens (tertiary/aromatic N) is 2. The lowest BCUT2D eigenvalue weighted by Crippen LogP contribution is -2.36. The van der Waals surface area contributed by atoms with E-state index < -0.39 is 21.8 Å². The van der Waals surface area contributed by atoms with Gasteiger partial charge >= 0.3 is 0 Å². The van der Waals surface area contributed by atoms with Crippen LogP contribution in [0.1, 0.15) is 22.6 Å². The van der Waals surface area contributed by atoms with Gasteiger partial charge in [0.25, 0.3) is 5.91 Å².